The normalized spacial score (nSPS) is 21.6. The van der Waals surface area contributed by atoms with Gasteiger partial charge >= 0.3 is 0 Å². The van der Waals surface area contributed by atoms with Crippen LogP contribution in [0.1, 0.15) is 44.7 Å². The van der Waals surface area contributed by atoms with Crippen LogP contribution in [0.4, 0.5) is 5.82 Å². The third-order valence-electron chi connectivity index (χ3n) is 4.17. The largest absolute Gasteiger partial charge is 0.330 e. The lowest BCUT2D eigenvalue weighted by atomic mass is 10.2. The topological polar surface area (TPSA) is 78.1 Å². The third-order valence-corrected chi connectivity index (χ3v) is 4.17. The molecule has 2 aliphatic rings. The molecule has 0 aromatic carbocycles. The highest BCUT2D eigenvalue weighted by Gasteiger charge is 2.40. The fourth-order valence-corrected chi connectivity index (χ4v) is 2.90. The summed E-state index contributed by atoms with van der Waals surface area (Å²) in [5, 5.41) is 9.85. The number of likely N-dealkylation sites (tertiary alicyclic amines) is 1. The predicted octanol–water partition coefficient (Wildman–Crippen LogP) is 1.70. The molecule has 2 amide bonds. The van der Waals surface area contributed by atoms with Crippen LogP contribution in [-0.4, -0.2) is 39.5 Å². The van der Waals surface area contributed by atoms with Gasteiger partial charge in [-0.1, -0.05) is 13.3 Å². The molecule has 1 aliphatic heterocycles. The summed E-state index contributed by atoms with van der Waals surface area (Å²) in [7, 11) is 0. The number of carbonyl (C=O) groups is 2. The second kappa shape index (κ2) is 5.87. The molecule has 1 aromatic rings. The third kappa shape index (κ3) is 3.09. The maximum atomic E-state index is 12.4. The second-order valence-corrected chi connectivity index (χ2v) is 5.98. The summed E-state index contributed by atoms with van der Waals surface area (Å²) >= 11 is 0. The van der Waals surface area contributed by atoms with Gasteiger partial charge in [-0.05, 0) is 32.1 Å². The van der Waals surface area contributed by atoms with Gasteiger partial charge in [0, 0.05) is 24.2 Å². The summed E-state index contributed by atoms with van der Waals surface area (Å²) in [6.07, 6.45) is 5.54. The van der Waals surface area contributed by atoms with Crippen LogP contribution in [0.5, 0.6) is 0 Å². The maximum absolute atomic E-state index is 12.4. The van der Waals surface area contributed by atoms with Crippen molar-refractivity contribution >= 4 is 17.6 Å². The van der Waals surface area contributed by atoms with Gasteiger partial charge in [-0.2, -0.15) is 5.10 Å². The molecule has 2 heterocycles. The molecule has 1 atom stereocenters. The number of aromatic amines is 1. The Balaban J connectivity index is 1.61. The average Bonchev–Trinajstić information content (AvgIpc) is 3.03. The van der Waals surface area contributed by atoms with Crippen molar-refractivity contribution in [2.75, 3.05) is 11.9 Å². The van der Waals surface area contributed by atoms with Gasteiger partial charge in [0.1, 0.15) is 6.04 Å². The second-order valence-electron chi connectivity index (χ2n) is 5.98. The minimum absolute atomic E-state index is 0.115. The SMILES string of the molecule is CCCc1cc(NC(=O)C2CCCN2C(=O)C2CC2)n[nH]1. The van der Waals surface area contributed by atoms with E-state index in [1.54, 1.807) is 4.90 Å². The molecule has 1 saturated carbocycles. The summed E-state index contributed by atoms with van der Waals surface area (Å²) in [5.41, 5.74) is 1.02. The Morgan fingerprint density at radius 2 is 2.24 bits per heavy atom. The highest BCUT2D eigenvalue weighted by atomic mass is 16.2. The fraction of sp³-hybridized carbons (Fsp3) is 0.667. The quantitative estimate of drug-likeness (QED) is 0.866. The van der Waals surface area contributed by atoms with Crippen molar-refractivity contribution in [3.8, 4) is 0 Å². The maximum Gasteiger partial charge on any atom is 0.248 e. The van der Waals surface area contributed by atoms with Crippen LogP contribution < -0.4 is 5.32 Å². The number of nitrogens with zero attached hydrogens (tertiary/aromatic N) is 2. The summed E-state index contributed by atoms with van der Waals surface area (Å²) < 4.78 is 0. The predicted molar refractivity (Wildman–Crippen MR) is 78.7 cm³/mol. The van der Waals surface area contributed by atoms with Crippen molar-refractivity contribution in [3.63, 3.8) is 0 Å². The molecule has 0 radical (unpaired) electrons. The number of anilines is 1. The van der Waals surface area contributed by atoms with Gasteiger partial charge in [-0.25, -0.2) is 0 Å². The van der Waals surface area contributed by atoms with Gasteiger partial charge in [0.2, 0.25) is 11.8 Å². The monoisotopic (exact) mass is 290 g/mol. The number of H-pyrrole nitrogens is 1. The van der Waals surface area contributed by atoms with E-state index in [1.807, 2.05) is 6.07 Å². The van der Waals surface area contributed by atoms with Crippen molar-refractivity contribution in [1.29, 1.82) is 0 Å². The first kappa shape index (κ1) is 14.1. The number of rotatable bonds is 5. The molecule has 6 heteroatoms. The first-order valence-electron chi connectivity index (χ1n) is 7.84. The van der Waals surface area contributed by atoms with E-state index in [-0.39, 0.29) is 23.8 Å². The van der Waals surface area contributed by atoms with Gasteiger partial charge in [-0.15, -0.1) is 0 Å². The van der Waals surface area contributed by atoms with Gasteiger partial charge in [0.05, 0.1) is 0 Å². The standard InChI is InChI=1S/C15H22N4O2/c1-2-4-11-9-13(18-17-11)16-14(20)12-5-3-8-19(12)15(21)10-6-7-10/h9-10,12H,2-8H2,1H3,(H2,16,17,18,20). The van der Waals surface area contributed by atoms with Crippen molar-refractivity contribution in [3.05, 3.63) is 11.8 Å². The summed E-state index contributed by atoms with van der Waals surface area (Å²) in [6.45, 7) is 2.80. The summed E-state index contributed by atoms with van der Waals surface area (Å²) in [4.78, 5) is 26.3. The molecule has 1 saturated heterocycles. The van der Waals surface area contributed by atoms with E-state index in [0.717, 1.165) is 44.2 Å². The van der Waals surface area contributed by atoms with Gasteiger partial charge in [0.25, 0.3) is 0 Å². The molecule has 2 N–H and O–H groups in total. The number of aryl methyl sites for hydroxylation is 1. The van der Waals surface area contributed by atoms with Crippen LogP contribution in [0.2, 0.25) is 0 Å². The molecule has 1 unspecified atom stereocenters. The number of hydrogen-bond donors (Lipinski definition) is 2. The Kier molecular flexibility index (Phi) is 3.94. The fourth-order valence-electron chi connectivity index (χ4n) is 2.90. The lowest BCUT2D eigenvalue weighted by Crippen LogP contribution is -2.43. The Hall–Kier alpha value is -1.85. The molecular weight excluding hydrogens is 268 g/mol. The number of aromatic nitrogens is 2. The molecule has 2 fully saturated rings. The Morgan fingerprint density at radius 1 is 1.43 bits per heavy atom. The van der Waals surface area contributed by atoms with E-state index in [4.69, 9.17) is 0 Å². The van der Waals surface area contributed by atoms with Crippen LogP contribution in [0.3, 0.4) is 0 Å². The number of nitrogens with one attached hydrogen (secondary N) is 2. The average molecular weight is 290 g/mol. The van der Waals surface area contributed by atoms with Gasteiger partial charge in [0.15, 0.2) is 5.82 Å². The zero-order valence-electron chi connectivity index (χ0n) is 12.4. The number of hydrogen-bond acceptors (Lipinski definition) is 3. The molecular formula is C15H22N4O2. The number of carbonyl (C=O) groups excluding carboxylic acids is 2. The molecule has 1 aromatic heterocycles. The van der Waals surface area contributed by atoms with Crippen molar-refractivity contribution < 1.29 is 9.59 Å². The molecule has 114 valence electrons. The van der Waals surface area contributed by atoms with E-state index in [9.17, 15) is 9.59 Å². The number of amides is 2. The van der Waals surface area contributed by atoms with Gasteiger partial charge < -0.3 is 10.2 Å². The van der Waals surface area contributed by atoms with Crippen LogP contribution >= 0.6 is 0 Å². The molecule has 0 bridgehead atoms. The van der Waals surface area contributed by atoms with Crippen LogP contribution in [0.15, 0.2) is 6.07 Å². The summed E-state index contributed by atoms with van der Waals surface area (Å²) in [6, 6.07) is 1.54. The lowest BCUT2D eigenvalue weighted by Gasteiger charge is -2.23. The minimum Gasteiger partial charge on any atom is -0.330 e. The molecule has 6 nitrogen and oxygen atoms in total. The van der Waals surface area contributed by atoms with E-state index in [1.165, 1.54) is 0 Å². The van der Waals surface area contributed by atoms with Gasteiger partial charge in [-0.3, -0.25) is 14.7 Å². The van der Waals surface area contributed by atoms with Crippen molar-refractivity contribution in [2.45, 2.75) is 51.5 Å². The van der Waals surface area contributed by atoms with Crippen molar-refractivity contribution in [2.24, 2.45) is 5.92 Å². The van der Waals surface area contributed by atoms with Crippen LogP contribution in [0, 0.1) is 5.92 Å². The molecule has 21 heavy (non-hydrogen) atoms. The van der Waals surface area contributed by atoms with Crippen molar-refractivity contribution in [1.82, 2.24) is 15.1 Å². The molecule has 0 spiro atoms. The Bertz CT molecular complexity index is 536. The van der Waals surface area contributed by atoms with E-state index >= 15 is 0 Å². The minimum atomic E-state index is -0.329. The zero-order valence-corrected chi connectivity index (χ0v) is 12.4. The first-order valence-corrected chi connectivity index (χ1v) is 7.84. The molecule has 3 rings (SSSR count). The van der Waals surface area contributed by atoms with E-state index in [0.29, 0.717) is 12.4 Å². The van der Waals surface area contributed by atoms with Crippen LogP contribution in [-0.2, 0) is 16.0 Å². The highest BCUT2D eigenvalue weighted by Crippen LogP contribution is 2.33. The summed E-state index contributed by atoms with van der Waals surface area (Å²) in [5.74, 6) is 0.756. The highest BCUT2D eigenvalue weighted by molar-refractivity contribution is 5.97. The van der Waals surface area contributed by atoms with E-state index < -0.39 is 0 Å². The lowest BCUT2D eigenvalue weighted by molar-refractivity contribution is -0.137. The van der Waals surface area contributed by atoms with Crippen LogP contribution in [0.25, 0.3) is 0 Å². The zero-order chi connectivity index (χ0) is 14.8. The molecule has 1 aliphatic carbocycles. The first-order chi connectivity index (χ1) is 10.2. The van der Waals surface area contributed by atoms with E-state index in [2.05, 4.69) is 22.4 Å². The smallest absolute Gasteiger partial charge is 0.248 e. The Morgan fingerprint density at radius 3 is 2.95 bits per heavy atom. The Labute approximate surface area is 124 Å².